The number of benzene rings is 2. The summed E-state index contributed by atoms with van der Waals surface area (Å²) in [5, 5.41) is 4.71. The molecule has 0 spiro atoms. The Kier molecular flexibility index (Phi) is 4.01. The third-order valence-electron chi connectivity index (χ3n) is 4.43. The summed E-state index contributed by atoms with van der Waals surface area (Å²) in [5.74, 6) is 1.00. The molecule has 1 atom stereocenters. The lowest BCUT2D eigenvalue weighted by Gasteiger charge is -2.16. The summed E-state index contributed by atoms with van der Waals surface area (Å²) in [5.41, 5.74) is 2.78. The maximum atomic E-state index is 12.4. The first kappa shape index (κ1) is 15.8. The average Bonchev–Trinajstić information content (AvgIpc) is 3.22. The van der Waals surface area contributed by atoms with Gasteiger partial charge in [-0.05, 0) is 36.8 Å². The molecule has 1 amide bonds. The van der Waals surface area contributed by atoms with Gasteiger partial charge in [0.05, 0.1) is 0 Å². The predicted octanol–water partition coefficient (Wildman–Crippen LogP) is 4.22. The third kappa shape index (κ3) is 3.03. The molecule has 0 bridgehead atoms. The molecule has 126 valence electrons. The van der Waals surface area contributed by atoms with Crippen molar-refractivity contribution in [2.45, 2.75) is 19.3 Å². The van der Waals surface area contributed by atoms with Crippen LogP contribution in [0.15, 0.2) is 53.1 Å². The van der Waals surface area contributed by atoms with E-state index in [1.54, 1.807) is 17.0 Å². The van der Waals surface area contributed by atoms with Crippen LogP contribution in [0.4, 0.5) is 5.69 Å². The largest absolute Gasteiger partial charge is 0.334 e. The fourth-order valence-electron chi connectivity index (χ4n) is 3.10. The quantitative estimate of drug-likeness (QED) is 0.707. The number of hydrogen-bond acceptors (Lipinski definition) is 4. The van der Waals surface area contributed by atoms with E-state index in [0.29, 0.717) is 29.7 Å². The number of nitrogens with zero attached hydrogens (tertiary/aromatic N) is 3. The Labute approximate surface area is 150 Å². The molecule has 5 nitrogen and oxygen atoms in total. The van der Waals surface area contributed by atoms with Gasteiger partial charge >= 0.3 is 0 Å². The molecule has 0 N–H and O–H groups in total. The SMILES string of the molecule is Cc1ccccc1-c1nc(C2CC(=O)N(c3cccc(Cl)c3)C2)no1. The molecule has 3 aromatic rings. The van der Waals surface area contributed by atoms with Gasteiger partial charge in [-0.2, -0.15) is 4.98 Å². The second-order valence-corrected chi connectivity index (χ2v) is 6.59. The summed E-state index contributed by atoms with van der Waals surface area (Å²) in [6.45, 7) is 2.52. The van der Waals surface area contributed by atoms with Crippen LogP contribution in [0.2, 0.25) is 5.02 Å². The first-order chi connectivity index (χ1) is 12.1. The van der Waals surface area contributed by atoms with Crippen LogP contribution >= 0.6 is 11.6 Å². The van der Waals surface area contributed by atoms with Gasteiger partial charge in [-0.3, -0.25) is 4.79 Å². The molecule has 4 rings (SSSR count). The van der Waals surface area contributed by atoms with Gasteiger partial charge in [0.1, 0.15) is 0 Å². The Bertz CT molecular complexity index is 938. The molecular weight excluding hydrogens is 338 g/mol. The number of rotatable bonds is 3. The van der Waals surface area contributed by atoms with Crippen molar-refractivity contribution < 1.29 is 9.32 Å². The van der Waals surface area contributed by atoms with Crippen molar-refractivity contribution in [3.05, 3.63) is 64.9 Å². The number of carbonyl (C=O) groups is 1. The molecule has 2 aromatic carbocycles. The molecular formula is C19H16ClN3O2. The normalized spacial score (nSPS) is 17.3. The minimum absolute atomic E-state index is 0.0366. The van der Waals surface area contributed by atoms with Gasteiger partial charge in [0, 0.05) is 35.2 Å². The van der Waals surface area contributed by atoms with Crippen LogP contribution in [-0.2, 0) is 4.79 Å². The number of aromatic nitrogens is 2. The van der Waals surface area contributed by atoms with Crippen LogP contribution in [0.1, 0.15) is 23.7 Å². The minimum atomic E-state index is -0.0898. The monoisotopic (exact) mass is 353 g/mol. The van der Waals surface area contributed by atoms with Gasteiger partial charge in [0.25, 0.3) is 5.89 Å². The molecule has 1 aromatic heterocycles. The third-order valence-corrected chi connectivity index (χ3v) is 4.66. The van der Waals surface area contributed by atoms with Crippen LogP contribution in [0, 0.1) is 6.92 Å². The molecule has 6 heteroatoms. The van der Waals surface area contributed by atoms with Crippen molar-refractivity contribution in [3.8, 4) is 11.5 Å². The second kappa shape index (κ2) is 6.33. The van der Waals surface area contributed by atoms with Crippen molar-refractivity contribution in [3.63, 3.8) is 0 Å². The van der Waals surface area contributed by atoms with Gasteiger partial charge in [-0.15, -0.1) is 0 Å². The summed E-state index contributed by atoms with van der Waals surface area (Å²) >= 11 is 6.03. The van der Waals surface area contributed by atoms with E-state index in [0.717, 1.165) is 16.8 Å². The standard InChI is InChI=1S/C19H16ClN3O2/c1-12-5-2-3-8-16(12)19-21-18(22-25-19)13-9-17(24)23(11-13)15-7-4-6-14(20)10-15/h2-8,10,13H,9,11H2,1H3. The van der Waals surface area contributed by atoms with Gasteiger partial charge < -0.3 is 9.42 Å². The number of hydrogen-bond donors (Lipinski definition) is 0. The molecule has 1 unspecified atom stereocenters. The van der Waals surface area contributed by atoms with Gasteiger partial charge in [-0.1, -0.05) is 41.0 Å². The van der Waals surface area contributed by atoms with E-state index < -0.39 is 0 Å². The number of amides is 1. The van der Waals surface area contributed by atoms with Crippen molar-refractivity contribution in [2.75, 3.05) is 11.4 Å². The van der Waals surface area contributed by atoms with Crippen molar-refractivity contribution in [1.29, 1.82) is 0 Å². The highest BCUT2D eigenvalue weighted by Crippen LogP contribution is 2.32. The Morgan fingerprint density at radius 3 is 2.84 bits per heavy atom. The zero-order valence-corrected chi connectivity index (χ0v) is 14.4. The Morgan fingerprint density at radius 2 is 2.04 bits per heavy atom. The summed E-state index contributed by atoms with van der Waals surface area (Å²) in [6, 6.07) is 15.1. The van der Waals surface area contributed by atoms with Crippen LogP contribution in [-0.4, -0.2) is 22.6 Å². The molecule has 1 aliphatic heterocycles. The maximum Gasteiger partial charge on any atom is 0.258 e. The first-order valence-corrected chi connectivity index (χ1v) is 8.45. The molecule has 1 aliphatic rings. The number of carbonyl (C=O) groups excluding carboxylic acids is 1. The summed E-state index contributed by atoms with van der Waals surface area (Å²) in [7, 11) is 0. The first-order valence-electron chi connectivity index (χ1n) is 8.07. The highest BCUT2D eigenvalue weighted by Gasteiger charge is 2.34. The molecule has 0 aliphatic carbocycles. The minimum Gasteiger partial charge on any atom is -0.334 e. The lowest BCUT2D eigenvalue weighted by Crippen LogP contribution is -2.24. The topological polar surface area (TPSA) is 59.2 Å². The molecule has 25 heavy (non-hydrogen) atoms. The van der Waals surface area contributed by atoms with E-state index in [-0.39, 0.29) is 11.8 Å². The van der Waals surface area contributed by atoms with Crippen molar-refractivity contribution in [2.24, 2.45) is 0 Å². The average molecular weight is 354 g/mol. The summed E-state index contributed by atoms with van der Waals surface area (Å²) in [6.07, 6.45) is 0.360. The predicted molar refractivity (Wildman–Crippen MR) is 95.6 cm³/mol. The number of anilines is 1. The van der Waals surface area contributed by atoms with Crippen LogP contribution in [0.5, 0.6) is 0 Å². The van der Waals surface area contributed by atoms with E-state index in [1.165, 1.54) is 0 Å². The number of aryl methyl sites for hydroxylation is 1. The molecule has 0 radical (unpaired) electrons. The van der Waals surface area contributed by atoms with E-state index in [9.17, 15) is 4.79 Å². The fraction of sp³-hybridized carbons (Fsp3) is 0.211. The Balaban J connectivity index is 1.58. The highest BCUT2D eigenvalue weighted by atomic mass is 35.5. The zero-order valence-electron chi connectivity index (χ0n) is 13.6. The van der Waals surface area contributed by atoms with Crippen molar-refractivity contribution in [1.82, 2.24) is 10.1 Å². The Hall–Kier alpha value is -2.66. The van der Waals surface area contributed by atoms with Gasteiger partial charge in [0.15, 0.2) is 5.82 Å². The van der Waals surface area contributed by atoms with E-state index >= 15 is 0 Å². The van der Waals surface area contributed by atoms with Crippen LogP contribution in [0.25, 0.3) is 11.5 Å². The van der Waals surface area contributed by atoms with Crippen molar-refractivity contribution >= 4 is 23.2 Å². The Morgan fingerprint density at radius 1 is 1.20 bits per heavy atom. The van der Waals surface area contributed by atoms with E-state index in [1.807, 2.05) is 43.3 Å². The zero-order chi connectivity index (χ0) is 17.4. The molecule has 0 saturated carbocycles. The number of halogens is 1. The smallest absolute Gasteiger partial charge is 0.258 e. The molecule has 2 heterocycles. The second-order valence-electron chi connectivity index (χ2n) is 6.16. The van der Waals surface area contributed by atoms with E-state index in [4.69, 9.17) is 16.1 Å². The lowest BCUT2D eigenvalue weighted by atomic mass is 10.1. The fourth-order valence-corrected chi connectivity index (χ4v) is 3.28. The van der Waals surface area contributed by atoms with Gasteiger partial charge in [-0.25, -0.2) is 0 Å². The lowest BCUT2D eigenvalue weighted by molar-refractivity contribution is -0.117. The van der Waals surface area contributed by atoms with E-state index in [2.05, 4.69) is 10.1 Å². The maximum absolute atomic E-state index is 12.4. The summed E-state index contributed by atoms with van der Waals surface area (Å²) < 4.78 is 5.43. The summed E-state index contributed by atoms with van der Waals surface area (Å²) in [4.78, 5) is 18.6. The highest BCUT2D eigenvalue weighted by molar-refractivity contribution is 6.30. The molecule has 1 fully saturated rings. The van der Waals surface area contributed by atoms with Gasteiger partial charge in [0.2, 0.25) is 5.91 Å². The van der Waals surface area contributed by atoms with Crippen LogP contribution in [0.3, 0.4) is 0 Å². The molecule has 1 saturated heterocycles. The van der Waals surface area contributed by atoms with Crippen LogP contribution < -0.4 is 4.90 Å².